The number of hydrogen-bond acceptors (Lipinski definition) is 3. The molecule has 3 aromatic heterocycles. The summed E-state index contributed by atoms with van der Waals surface area (Å²) >= 11 is 0. The van der Waals surface area contributed by atoms with E-state index in [9.17, 15) is 0 Å². The van der Waals surface area contributed by atoms with Crippen molar-refractivity contribution in [3.63, 3.8) is 0 Å². The maximum atomic E-state index is 6.44. The number of aromatic nitrogens is 2. The molecular formula is C76H50N4O. The monoisotopic (exact) mass is 1030 g/mol. The molecular weight excluding hydrogens is 985 g/mol. The van der Waals surface area contributed by atoms with Gasteiger partial charge in [-0.1, -0.05) is 164 Å². The Bertz CT molecular complexity index is 5030. The first-order chi connectivity index (χ1) is 40.2. The number of nitrogens with zero attached hydrogens (tertiary/aromatic N) is 4. The van der Waals surface area contributed by atoms with Crippen molar-refractivity contribution in [1.29, 1.82) is 0 Å². The van der Waals surface area contributed by atoms with Crippen LogP contribution in [-0.4, -0.2) is 9.13 Å². The highest BCUT2D eigenvalue weighted by Crippen LogP contribution is 2.47. The topological polar surface area (TPSA) is 29.5 Å². The normalized spacial score (nSPS) is 11.7. The van der Waals surface area contributed by atoms with Crippen molar-refractivity contribution < 1.29 is 4.42 Å². The predicted octanol–water partition coefficient (Wildman–Crippen LogP) is 21.2. The summed E-state index contributed by atoms with van der Waals surface area (Å²) in [6, 6.07) is 110. The summed E-state index contributed by atoms with van der Waals surface area (Å²) in [6.45, 7) is 0. The van der Waals surface area contributed by atoms with Crippen LogP contribution >= 0.6 is 0 Å². The largest absolute Gasteiger partial charge is 0.456 e. The second kappa shape index (κ2) is 18.9. The van der Waals surface area contributed by atoms with E-state index in [0.717, 1.165) is 95.1 Å². The fraction of sp³-hybridized carbons (Fsp3) is 0. The van der Waals surface area contributed by atoms with Crippen molar-refractivity contribution in [2.75, 3.05) is 9.80 Å². The second-order valence-corrected chi connectivity index (χ2v) is 20.9. The van der Waals surface area contributed by atoms with Gasteiger partial charge in [-0.25, -0.2) is 0 Å². The summed E-state index contributed by atoms with van der Waals surface area (Å²) in [7, 11) is 0. The molecule has 0 aliphatic carbocycles. The van der Waals surface area contributed by atoms with Crippen molar-refractivity contribution >= 4 is 110 Å². The van der Waals surface area contributed by atoms with E-state index in [1.165, 1.54) is 49.0 Å². The smallest absolute Gasteiger partial charge is 0.136 e. The van der Waals surface area contributed by atoms with Gasteiger partial charge in [0.2, 0.25) is 0 Å². The molecule has 0 amide bonds. The van der Waals surface area contributed by atoms with Crippen molar-refractivity contribution in [2.45, 2.75) is 0 Å². The zero-order valence-electron chi connectivity index (χ0n) is 44.1. The molecule has 0 spiro atoms. The zero-order valence-corrected chi connectivity index (χ0v) is 44.1. The molecule has 81 heavy (non-hydrogen) atoms. The molecule has 0 unspecified atom stereocenters. The van der Waals surface area contributed by atoms with Crippen LogP contribution in [0.25, 0.3) is 110 Å². The van der Waals surface area contributed by atoms with Gasteiger partial charge in [-0.3, -0.25) is 0 Å². The Morgan fingerprint density at radius 2 is 0.716 bits per heavy atom. The molecule has 0 N–H and O–H groups in total. The van der Waals surface area contributed by atoms with E-state index in [-0.39, 0.29) is 0 Å². The van der Waals surface area contributed by atoms with Crippen LogP contribution in [0, 0.1) is 0 Å². The molecule has 0 saturated heterocycles. The minimum Gasteiger partial charge on any atom is -0.456 e. The van der Waals surface area contributed by atoms with Gasteiger partial charge in [0, 0.05) is 77.8 Å². The molecule has 0 aliphatic heterocycles. The number of rotatable bonds is 10. The molecule has 0 radical (unpaired) electrons. The van der Waals surface area contributed by atoms with Crippen molar-refractivity contribution in [3.8, 4) is 33.6 Å². The van der Waals surface area contributed by atoms with Crippen LogP contribution in [0.4, 0.5) is 34.1 Å². The van der Waals surface area contributed by atoms with Crippen molar-refractivity contribution in [1.82, 2.24) is 9.13 Å². The third kappa shape index (κ3) is 7.78. The number of anilines is 6. The fourth-order valence-corrected chi connectivity index (χ4v) is 12.6. The standard InChI is InChI=1S/C76H50N4O/c1-6-20-51(21-7-1)52-34-38-60(39-35-52)77(56-22-8-2-9-23-56)62-44-55(45-63(48-62)78(57-24-10-3-11-25-57)61-40-42-72-69(49-61)64-30-16-18-32-70(64)79(72)58-26-12-4-13-27-58)53-36-41-71-67(46-53)68-47-54-37-43-75-76(65-31-17-19-33-74(65)81-75)66(54)50-73(68)80(71)59-28-14-5-15-29-59/h1-50H. The number of hydrogen-bond donors (Lipinski definition) is 0. The van der Waals surface area contributed by atoms with E-state index in [1.807, 2.05) is 6.07 Å². The van der Waals surface area contributed by atoms with E-state index in [0.29, 0.717) is 0 Å². The van der Waals surface area contributed by atoms with Crippen LogP contribution in [-0.2, 0) is 0 Å². The Labute approximate surface area is 468 Å². The van der Waals surface area contributed by atoms with Gasteiger partial charge in [0.1, 0.15) is 11.2 Å². The minimum absolute atomic E-state index is 0.892. The molecule has 0 atom stereocenters. The Morgan fingerprint density at radius 3 is 1.40 bits per heavy atom. The third-order valence-corrected chi connectivity index (χ3v) is 16.2. The van der Waals surface area contributed by atoms with Crippen molar-refractivity contribution in [3.05, 3.63) is 303 Å². The second-order valence-electron chi connectivity index (χ2n) is 20.9. The lowest BCUT2D eigenvalue weighted by molar-refractivity contribution is 0.669. The zero-order chi connectivity index (χ0) is 53.4. The van der Waals surface area contributed by atoms with Gasteiger partial charge in [0.25, 0.3) is 0 Å². The lowest BCUT2D eigenvalue weighted by Gasteiger charge is -2.30. The Morgan fingerprint density at radius 1 is 0.235 bits per heavy atom. The third-order valence-electron chi connectivity index (χ3n) is 16.2. The van der Waals surface area contributed by atoms with Gasteiger partial charge in [0.15, 0.2) is 0 Å². The van der Waals surface area contributed by atoms with E-state index in [2.05, 4.69) is 316 Å². The van der Waals surface area contributed by atoms with Gasteiger partial charge >= 0.3 is 0 Å². The SMILES string of the molecule is c1ccc(-c2ccc(N(c3ccccc3)c3cc(-c4ccc5c(c4)c4cc6ccc7oc8ccccc8c7c6cc4n5-c4ccccc4)cc(N(c4ccccc4)c4ccc5c(c4)c4ccccc4n5-c4ccccc4)c3)cc2)cc1. The summed E-state index contributed by atoms with van der Waals surface area (Å²) in [4.78, 5) is 4.82. The van der Waals surface area contributed by atoms with E-state index >= 15 is 0 Å². The van der Waals surface area contributed by atoms with Crippen LogP contribution in [0.5, 0.6) is 0 Å². The van der Waals surface area contributed by atoms with E-state index < -0.39 is 0 Å². The van der Waals surface area contributed by atoms with Gasteiger partial charge < -0.3 is 23.4 Å². The molecule has 0 aliphatic rings. The average molecular weight is 1040 g/mol. The average Bonchev–Trinajstić information content (AvgIpc) is 4.31. The van der Waals surface area contributed by atoms with Gasteiger partial charge in [0.05, 0.1) is 22.1 Å². The number of furan rings is 1. The molecule has 380 valence electrons. The predicted molar refractivity (Wildman–Crippen MR) is 340 cm³/mol. The van der Waals surface area contributed by atoms with E-state index in [4.69, 9.17) is 4.42 Å². The molecule has 0 bridgehead atoms. The van der Waals surface area contributed by atoms with Crippen LogP contribution < -0.4 is 9.80 Å². The summed E-state index contributed by atoms with van der Waals surface area (Å²) in [5, 5.41) is 9.35. The first-order valence-electron chi connectivity index (χ1n) is 27.6. The first kappa shape index (κ1) is 46.2. The summed E-state index contributed by atoms with van der Waals surface area (Å²) in [5.74, 6) is 0. The molecule has 3 heterocycles. The van der Waals surface area contributed by atoms with E-state index in [1.54, 1.807) is 0 Å². The summed E-state index contributed by atoms with van der Waals surface area (Å²) in [6.07, 6.45) is 0. The molecule has 5 nitrogen and oxygen atoms in total. The molecule has 5 heteroatoms. The summed E-state index contributed by atoms with van der Waals surface area (Å²) < 4.78 is 11.2. The number of benzene rings is 13. The highest BCUT2D eigenvalue weighted by Gasteiger charge is 2.23. The van der Waals surface area contributed by atoms with Crippen molar-refractivity contribution in [2.24, 2.45) is 0 Å². The maximum Gasteiger partial charge on any atom is 0.136 e. The lowest BCUT2D eigenvalue weighted by atomic mass is 9.98. The Hall–Kier alpha value is -10.9. The maximum absolute atomic E-state index is 6.44. The molecule has 16 rings (SSSR count). The highest BCUT2D eigenvalue weighted by atomic mass is 16.3. The quantitative estimate of drug-likeness (QED) is 0.137. The van der Waals surface area contributed by atoms with Crippen LogP contribution in [0.1, 0.15) is 0 Å². The fourth-order valence-electron chi connectivity index (χ4n) is 12.6. The number of fused-ring (bicyclic) bond motifs is 11. The molecule has 16 aromatic rings. The number of para-hydroxylation sites is 6. The Balaban J connectivity index is 0.948. The van der Waals surface area contributed by atoms with Gasteiger partial charge in [-0.2, -0.15) is 0 Å². The highest BCUT2D eigenvalue weighted by molar-refractivity contribution is 6.23. The van der Waals surface area contributed by atoms with Crippen LogP contribution in [0.2, 0.25) is 0 Å². The minimum atomic E-state index is 0.892. The Kier molecular flexibility index (Phi) is 10.8. The van der Waals surface area contributed by atoms with Crippen LogP contribution in [0.3, 0.4) is 0 Å². The van der Waals surface area contributed by atoms with Crippen LogP contribution in [0.15, 0.2) is 308 Å². The first-order valence-corrected chi connectivity index (χ1v) is 27.6. The summed E-state index contributed by atoms with van der Waals surface area (Å²) in [5.41, 5.74) is 19.4. The molecule has 0 fully saturated rings. The van der Waals surface area contributed by atoms with Gasteiger partial charge in [-0.15, -0.1) is 0 Å². The van der Waals surface area contributed by atoms with Gasteiger partial charge in [-0.05, 0) is 173 Å². The molecule has 0 saturated carbocycles. The molecule has 13 aromatic carbocycles. The lowest BCUT2D eigenvalue weighted by Crippen LogP contribution is -2.13.